The zero-order valence-electron chi connectivity index (χ0n) is 12.4. The summed E-state index contributed by atoms with van der Waals surface area (Å²) >= 11 is 0. The predicted molar refractivity (Wildman–Crippen MR) is 80.3 cm³/mol. The summed E-state index contributed by atoms with van der Waals surface area (Å²) in [6, 6.07) is 11.7. The molecule has 0 saturated heterocycles. The molecular formula is C17H14F3NO3. The maximum absolute atomic E-state index is 13.0. The van der Waals surface area contributed by atoms with Crippen LogP contribution in [0.3, 0.4) is 0 Å². The van der Waals surface area contributed by atoms with E-state index in [2.05, 4.69) is 5.32 Å². The summed E-state index contributed by atoms with van der Waals surface area (Å²) in [6.07, 6.45) is -5.12. The van der Waals surface area contributed by atoms with Crippen molar-refractivity contribution >= 4 is 11.9 Å². The summed E-state index contributed by atoms with van der Waals surface area (Å²) in [6.45, 7) is 0. The van der Waals surface area contributed by atoms with Crippen LogP contribution in [0.2, 0.25) is 0 Å². The third kappa shape index (κ3) is 4.34. The number of aliphatic carboxylic acids is 1. The number of carboxylic acids is 1. The SMILES string of the molecule is O=C(O)C[C@H](NC(=O)c1ccccc1C(F)(F)F)c1ccccc1. The second kappa shape index (κ2) is 7.16. The number of rotatable bonds is 5. The predicted octanol–water partition coefficient (Wildman–Crippen LogP) is 3.65. The molecule has 0 aliphatic carbocycles. The van der Waals surface area contributed by atoms with E-state index >= 15 is 0 Å². The van der Waals surface area contributed by atoms with E-state index in [0.29, 0.717) is 5.56 Å². The summed E-state index contributed by atoms with van der Waals surface area (Å²) in [5.41, 5.74) is -1.11. The van der Waals surface area contributed by atoms with Gasteiger partial charge in [-0.2, -0.15) is 13.2 Å². The van der Waals surface area contributed by atoms with Gasteiger partial charge in [0, 0.05) is 0 Å². The molecule has 0 radical (unpaired) electrons. The third-order valence-electron chi connectivity index (χ3n) is 3.36. The van der Waals surface area contributed by atoms with Gasteiger partial charge in [0.25, 0.3) is 5.91 Å². The van der Waals surface area contributed by atoms with Crippen molar-refractivity contribution in [3.63, 3.8) is 0 Å². The summed E-state index contributed by atoms with van der Waals surface area (Å²) in [7, 11) is 0. The fraction of sp³-hybridized carbons (Fsp3) is 0.176. The Morgan fingerprint density at radius 2 is 1.58 bits per heavy atom. The first kappa shape index (κ1) is 17.5. The number of benzene rings is 2. The first-order chi connectivity index (χ1) is 11.3. The van der Waals surface area contributed by atoms with Crippen LogP contribution in [0.25, 0.3) is 0 Å². The summed E-state index contributed by atoms with van der Waals surface area (Å²) < 4.78 is 39.0. The molecule has 0 saturated carbocycles. The van der Waals surface area contributed by atoms with Crippen LogP contribution in [0.5, 0.6) is 0 Å². The minimum absolute atomic E-state index is 0.441. The van der Waals surface area contributed by atoms with Crippen molar-refractivity contribution in [2.75, 3.05) is 0 Å². The van der Waals surface area contributed by atoms with Crippen molar-refractivity contribution in [1.82, 2.24) is 5.32 Å². The van der Waals surface area contributed by atoms with E-state index in [0.717, 1.165) is 12.1 Å². The molecule has 0 aliphatic rings. The van der Waals surface area contributed by atoms with Crippen LogP contribution < -0.4 is 5.32 Å². The molecule has 24 heavy (non-hydrogen) atoms. The Kier molecular flexibility index (Phi) is 5.23. The van der Waals surface area contributed by atoms with Crippen LogP contribution in [0, 0.1) is 0 Å². The van der Waals surface area contributed by atoms with Crippen LogP contribution in [0.1, 0.15) is 33.9 Å². The topological polar surface area (TPSA) is 66.4 Å². The molecule has 0 fully saturated rings. The van der Waals surface area contributed by atoms with Crippen LogP contribution in [0.15, 0.2) is 54.6 Å². The maximum atomic E-state index is 13.0. The van der Waals surface area contributed by atoms with Crippen molar-refractivity contribution in [2.45, 2.75) is 18.6 Å². The summed E-state index contributed by atoms with van der Waals surface area (Å²) in [5.74, 6) is -2.15. The number of nitrogens with one attached hydrogen (secondary N) is 1. The Hall–Kier alpha value is -2.83. The molecule has 0 aliphatic heterocycles. The summed E-state index contributed by atoms with van der Waals surface area (Å²) in [4.78, 5) is 23.3. The lowest BCUT2D eigenvalue weighted by molar-refractivity contribution is -0.139. The van der Waals surface area contributed by atoms with Gasteiger partial charge in [-0.15, -0.1) is 0 Å². The van der Waals surface area contributed by atoms with Crippen LogP contribution in [-0.2, 0) is 11.0 Å². The molecule has 7 heteroatoms. The van der Waals surface area contributed by atoms with Gasteiger partial charge in [-0.25, -0.2) is 0 Å². The molecule has 126 valence electrons. The smallest absolute Gasteiger partial charge is 0.417 e. The molecule has 2 N–H and O–H groups in total. The molecule has 2 aromatic rings. The van der Waals surface area contributed by atoms with Crippen molar-refractivity contribution in [2.24, 2.45) is 0 Å². The molecule has 4 nitrogen and oxygen atoms in total. The third-order valence-corrected chi connectivity index (χ3v) is 3.36. The molecule has 2 rings (SSSR count). The molecule has 0 spiro atoms. The summed E-state index contributed by atoms with van der Waals surface area (Å²) in [5, 5.41) is 11.4. The van der Waals surface area contributed by atoms with Gasteiger partial charge in [-0.1, -0.05) is 42.5 Å². The van der Waals surface area contributed by atoms with E-state index in [1.54, 1.807) is 30.3 Å². The Morgan fingerprint density at radius 1 is 1.00 bits per heavy atom. The van der Waals surface area contributed by atoms with Gasteiger partial charge in [0.1, 0.15) is 0 Å². The van der Waals surface area contributed by atoms with Crippen molar-refractivity contribution in [3.8, 4) is 0 Å². The van der Waals surface area contributed by atoms with E-state index < -0.39 is 41.6 Å². The molecule has 0 bridgehead atoms. The average molecular weight is 337 g/mol. The van der Waals surface area contributed by atoms with Crippen molar-refractivity contribution in [3.05, 3.63) is 71.3 Å². The van der Waals surface area contributed by atoms with Crippen LogP contribution in [-0.4, -0.2) is 17.0 Å². The van der Waals surface area contributed by atoms with Crippen LogP contribution in [0.4, 0.5) is 13.2 Å². The normalized spacial score (nSPS) is 12.5. The highest BCUT2D eigenvalue weighted by Gasteiger charge is 2.35. The molecule has 0 heterocycles. The highest BCUT2D eigenvalue weighted by Crippen LogP contribution is 2.32. The largest absolute Gasteiger partial charge is 0.481 e. The maximum Gasteiger partial charge on any atom is 0.417 e. The van der Waals surface area contributed by atoms with E-state index in [1.807, 2.05) is 0 Å². The van der Waals surface area contributed by atoms with Gasteiger partial charge in [0.2, 0.25) is 0 Å². The monoisotopic (exact) mass is 337 g/mol. The van der Waals surface area contributed by atoms with E-state index in [-0.39, 0.29) is 0 Å². The fourth-order valence-corrected chi connectivity index (χ4v) is 2.28. The number of amides is 1. The first-order valence-electron chi connectivity index (χ1n) is 7.03. The van der Waals surface area contributed by atoms with E-state index in [9.17, 15) is 22.8 Å². The number of hydrogen-bond acceptors (Lipinski definition) is 2. The zero-order chi connectivity index (χ0) is 17.7. The van der Waals surface area contributed by atoms with Gasteiger partial charge < -0.3 is 10.4 Å². The van der Waals surface area contributed by atoms with E-state index in [1.165, 1.54) is 12.1 Å². The van der Waals surface area contributed by atoms with Gasteiger partial charge in [-0.3, -0.25) is 9.59 Å². The van der Waals surface area contributed by atoms with E-state index in [4.69, 9.17) is 5.11 Å². The molecule has 1 atom stereocenters. The van der Waals surface area contributed by atoms with Gasteiger partial charge >= 0.3 is 12.1 Å². The van der Waals surface area contributed by atoms with Crippen molar-refractivity contribution < 1.29 is 27.9 Å². The molecular weight excluding hydrogens is 323 g/mol. The van der Waals surface area contributed by atoms with Crippen molar-refractivity contribution in [1.29, 1.82) is 0 Å². The van der Waals surface area contributed by atoms with Crippen LogP contribution >= 0.6 is 0 Å². The average Bonchev–Trinajstić information content (AvgIpc) is 2.54. The highest BCUT2D eigenvalue weighted by atomic mass is 19.4. The Bertz CT molecular complexity index is 729. The number of carbonyl (C=O) groups excluding carboxylic acids is 1. The standard InChI is InChI=1S/C17H14F3NO3/c18-17(19,20)13-9-5-4-8-12(13)16(24)21-14(10-15(22)23)11-6-2-1-3-7-11/h1-9,14H,10H2,(H,21,24)(H,22,23)/t14-/m0/s1. The lowest BCUT2D eigenvalue weighted by Crippen LogP contribution is -2.31. The number of carboxylic acid groups (broad SMARTS) is 1. The molecule has 1 amide bonds. The second-order valence-electron chi connectivity index (χ2n) is 5.08. The molecule has 0 aromatic heterocycles. The fourth-order valence-electron chi connectivity index (χ4n) is 2.28. The first-order valence-corrected chi connectivity index (χ1v) is 7.03. The van der Waals surface area contributed by atoms with Gasteiger partial charge in [0.05, 0.1) is 23.6 Å². The van der Waals surface area contributed by atoms with Gasteiger partial charge in [-0.05, 0) is 17.7 Å². The number of carbonyl (C=O) groups is 2. The Morgan fingerprint density at radius 3 is 2.17 bits per heavy atom. The number of alkyl halides is 3. The Balaban J connectivity index is 2.31. The lowest BCUT2D eigenvalue weighted by Gasteiger charge is -2.19. The zero-order valence-corrected chi connectivity index (χ0v) is 12.4. The van der Waals surface area contributed by atoms with Gasteiger partial charge in [0.15, 0.2) is 0 Å². The number of halogens is 3. The lowest BCUT2D eigenvalue weighted by atomic mass is 10.0. The molecule has 0 unspecified atom stereocenters. The minimum Gasteiger partial charge on any atom is -0.481 e. The highest BCUT2D eigenvalue weighted by molar-refractivity contribution is 5.96. The second-order valence-corrected chi connectivity index (χ2v) is 5.08. The number of hydrogen-bond donors (Lipinski definition) is 2. The quantitative estimate of drug-likeness (QED) is 0.875. The molecule has 2 aromatic carbocycles. The minimum atomic E-state index is -4.68. The Labute approximate surface area is 135 Å².